The third kappa shape index (κ3) is 11.6. The summed E-state index contributed by atoms with van der Waals surface area (Å²) < 4.78 is 11.4. The molecule has 3 atom stereocenters. The summed E-state index contributed by atoms with van der Waals surface area (Å²) in [6, 6.07) is 33.9. The zero-order chi connectivity index (χ0) is 56.9. The van der Waals surface area contributed by atoms with Gasteiger partial charge in [-0.2, -0.15) is 0 Å². The second kappa shape index (κ2) is 24.7. The molecule has 5 aliphatic heterocycles. The van der Waals surface area contributed by atoms with Gasteiger partial charge >= 0.3 is 0 Å². The molecular formula is C65H66BrN11O5. The SMILES string of the molecule is CC1NC(=O)c2ccc(N3CCCc4cncnc43)cc21.COc1ccc(CN2C(=O)c3ccc(Br)cc3C2C)cc1.COc1ccc(CN2C(=O)c3ccc(N4CCCc5cncnc54)cc3C2C)cc1.c1ncc2c(n1)CCCC2. The fourth-order valence-corrected chi connectivity index (χ4v) is 12.2. The average molecular weight is 1160 g/mol. The van der Waals surface area contributed by atoms with E-state index >= 15 is 0 Å². The fraction of sp³-hybridized carbons (Fsp3) is 0.308. The van der Waals surface area contributed by atoms with E-state index in [9.17, 15) is 14.4 Å². The lowest BCUT2D eigenvalue weighted by atomic mass is 9.98. The highest BCUT2D eigenvalue weighted by atomic mass is 79.9. The molecule has 0 spiro atoms. The van der Waals surface area contributed by atoms with Gasteiger partial charge in [0.05, 0.1) is 32.3 Å². The first kappa shape index (κ1) is 55.3. The van der Waals surface area contributed by atoms with E-state index in [1.54, 1.807) is 33.2 Å². The predicted octanol–water partition coefficient (Wildman–Crippen LogP) is 12.2. The number of rotatable bonds is 8. The van der Waals surface area contributed by atoms with Crippen LogP contribution in [0.5, 0.6) is 11.5 Å². The van der Waals surface area contributed by atoms with Gasteiger partial charge < -0.3 is 34.4 Å². The van der Waals surface area contributed by atoms with E-state index in [2.05, 4.69) is 86.9 Å². The summed E-state index contributed by atoms with van der Waals surface area (Å²) in [6.07, 6.45) is 19.7. The number of methoxy groups -OCH3 is 2. The van der Waals surface area contributed by atoms with Gasteiger partial charge in [-0.05, 0) is 184 Å². The second-order valence-corrected chi connectivity index (χ2v) is 22.3. The van der Waals surface area contributed by atoms with Crippen molar-refractivity contribution in [1.82, 2.24) is 45.0 Å². The molecule has 3 amide bonds. The topological polar surface area (TPSA) is 172 Å². The standard InChI is InChI=1S/C24H24N4O2.C17H16BrNO2.C16H16N4O.C8H10N2/c1-16-22-12-19(27-11-3-4-18-13-25-15-26-23(18)27)7-10-21(22)24(29)28(16)14-17-5-8-20(30-2)9-6-17;1-11-16-9-13(18)5-8-15(16)17(20)19(11)10-12-3-6-14(21-2)7-4-12;1-10-14-7-12(4-5-13(14)16(21)19-10)20-6-2-3-11-8-17-9-18-15(11)20;1-2-4-8-7(3-1)5-9-6-10-8/h5-10,12-13,15-16H,3-4,11,14H2,1-2H3;3-9,11H,10H2,1-2H3;4-5,7-10H,2-3,6H2,1H3,(H,19,21);5-6H,1-4H2. The van der Waals surface area contributed by atoms with E-state index in [-0.39, 0.29) is 35.8 Å². The maximum atomic E-state index is 13.1. The number of carbonyl (C=O) groups is 3. The summed E-state index contributed by atoms with van der Waals surface area (Å²) in [4.78, 5) is 71.2. The number of hydrogen-bond donors (Lipinski definition) is 1. The Balaban J connectivity index is 0.000000121. The predicted molar refractivity (Wildman–Crippen MR) is 319 cm³/mol. The van der Waals surface area contributed by atoms with Crippen molar-refractivity contribution in [3.63, 3.8) is 0 Å². The molecule has 418 valence electrons. The Morgan fingerprint density at radius 1 is 0.524 bits per heavy atom. The van der Waals surface area contributed by atoms with Crippen LogP contribution in [-0.4, -0.2) is 84.7 Å². The molecule has 5 aromatic carbocycles. The summed E-state index contributed by atoms with van der Waals surface area (Å²) in [7, 11) is 3.30. The van der Waals surface area contributed by atoms with Crippen LogP contribution in [0.2, 0.25) is 0 Å². The average Bonchev–Trinajstić information content (AvgIpc) is 4.27. The van der Waals surface area contributed by atoms with Crippen LogP contribution >= 0.6 is 15.9 Å². The van der Waals surface area contributed by atoms with Crippen molar-refractivity contribution in [1.29, 1.82) is 0 Å². The van der Waals surface area contributed by atoms with Gasteiger partial charge in [0.1, 0.15) is 42.1 Å². The number of nitrogens with zero attached hydrogens (tertiary/aromatic N) is 10. The molecule has 14 rings (SSSR count). The van der Waals surface area contributed by atoms with Crippen LogP contribution in [0, 0.1) is 0 Å². The van der Waals surface area contributed by atoms with Gasteiger partial charge in [0.15, 0.2) is 0 Å². The first-order valence-corrected chi connectivity index (χ1v) is 28.9. The molecule has 6 aliphatic rings. The highest BCUT2D eigenvalue weighted by Crippen LogP contribution is 2.41. The number of anilines is 4. The number of amides is 3. The molecule has 17 heteroatoms. The van der Waals surface area contributed by atoms with Crippen molar-refractivity contribution in [3.05, 3.63) is 212 Å². The van der Waals surface area contributed by atoms with Gasteiger partial charge in [0, 0.05) is 94.1 Å². The molecule has 0 fully saturated rings. The fourth-order valence-electron chi connectivity index (χ4n) is 11.8. The molecule has 82 heavy (non-hydrogen) atoms. The summed E-state index contributed by atoms with van der Waals surface area (Å²) in [6.45, 7) is 9.23. The highest BCUT2D eigenvalue weighted by Gasteiger charge is 2.36. The molecule has 3 aromatic heterocycles. The molecule has 0 saturated heterocycles. The van der Waals surface area contributed by atoms with Crippen LogP contribution in [-0.2, 0) is 38.8 Å². The molecule has 3 unspecified atom stereocenters. The molecular weight excluding hydrogens is 1090 g/mol. The lowest BCUT2D eigenvalue weighted by molar-refractivity contribution is 0.0715. The Labute approximate surface area is 487 Å². The van der Waals surface area contributed by atoms with E-state index < -0.39 is 0 Å². The van der Waals surface area contributed by atoms with Crippen LogP contribution in [0.4, 0.5) is 23.0 Å². The van der Waals surface area contributed by atoms with Crippen molar-refractivity contribution in [2.45, 2.75) is 103 Å². The first-order chi connectivity index (χ1) is 40.0. The van der Waals surface area contributed by atoms with Crippen LogP contribution in [0.3, 0.4) is 0 Å². The zero-order valence-electron chi connectivity index (χ0n) is 46.9. The molecule has 1 aliphatic carbocycles. The van der Waals surface area contributed by atoms with E-state index in [4.69, 9.17) is 9.47 Å². The quantitative estimate of drug-likeness (QED) is 0.152. The van der Waals surface area contributed by atoms with Crippen LogP contribution in [0.25, 0.3) is 0 Å². The minimum absolute atomic E-state index is 0.0178. The van der Waals surface area contributed by atoms with Gasteiger partial charge in [0.25, 0.3) is 17.7 Å². The Bertz CT molecular complexity index is 3610. The molecule has 0 radical (unpaired) electrons. The van der Waals surface area contributed by atoms with Gasteiger partial charge in [-0.1, -0.05) is 40.2 Å². The third-order valence-electron chi connectivity index (χ3n) is 16.3. The number of ether oxygens (including phenoxy) is 2. The molecule has 1 N–H and O–H groups in total. The lowest BCUT2D eigenvalue weighted by Gasteiger charge is -2.30. The van der Waals surface area contributed by atoms with Crippen molar-refractivity contribution < 1.29 is 23.9 Å². The van der Waals surface area contributed by atoms with Crippen molar-refractivity contribution >= 4 is 56.7 Å². The summed E-state index contributed by atoms with van der Waals surface area (Å²) >= 11 is 3.47. The minimum atomic E-state index is 0.0178. The molecule has 8 aromatic rings. The number of fused-ring (bicyclic) bond motifs is 6. The lowest BCUT2D eigenvalue weighted by Crippen LogP contribution is -2.26. The number of carbonyl (C=O) groups excluding carboxylic acids is 3. The summed E-state index contributed by atoms with van der Waals surface area (Å²) in [5.74, 6) is 3.81. The maximum absolute atomic E-state index is 13.1. The smallest absolute Gasteiger partial charge is 0.255 e. The second-order valence-electron chi connectivity index (χ2n) is 21.3. The van der Waals surface area contributed by atoms with Crippen molar-refractivity contribution in [2.75, 3.05) is 37.1 Å². The summed E-state index contributed by atoms with van der Waals surface area (Å²) in [5.41, 5.74) is 15.0. The third-order valence-corrected chi connectivity index (χ3v) is 16.8. The van der Waals surface area contributed by atoms with Crippen molar-refractivity contribution in [3.8, 4) is 11.5 Å². The Morgan fingerprint density at radius 2 is 0.988 bits per heavy atom. The number of nitrogens with one attached hydrogen (secondary N) is 1. The molecule has 0 saturated carbocycles. The van der Waals surface area contributed by atoms with Gasteiger partial charge in [0.2, 0.25) is 0 Å². The van der Waals surface area contributed by atoms with E-state index in [1.165, 1.54) is 41.6 Å². The molecule has 0 bridgehead atoms. The van der Waals surface area contributed by atoms with E-state index in [0.29, 0.717) is 13.1 Å². The number of aryl methyl sites for hydroxylation is 4. The van der Waals surface area contributed by atoms with Gasteiger partial charge in [-0.15, -0.1) is 0 Å². The number of benzene rings is 5. The molecule has 8 heterocycles. The van der Waals surface area contributed by atoms with Crippen LogP contribution < -0.4 is 24.6 Å². The minimum Gasteiger partial charge on any atom is -0.497 e. The number of hydrogen-bond acceptors (Lipinski definition) is 13. The normalized spacial score (nSPS) is 17.9. The zero-order valence-corrected chi connectivity index (χ0v) is 48.5. The van der Waals surface area contributed by atoms with Gasteiger partial charge in [-0.3, -0.25) is 14.4 Å². The number of aromatic nitrogens is 6. The monoisotopic (exact) mass is 1160 g/mol. The first-order valence-electron chi connectivity index (χ1n) is 28.1. The van der Waals surface area contributed by atoms with Crippen LogP contribution in [0.15, 0.2) is 145 Å². The van der Waals surface area contributed by atoms with E-state index in [1.807, 2.05) is 126 Å². The van der Waals surface area contributed by atoms with Crippen LogP contribution in [0.1, 0.15) is 146 Å². The Hall–Kier alpha value is -8.57. The molecule has 16 nitrogen and oxygen atoms in total. The number of halogens is 1. The Morgan fingerprint density at radius 3 is 1.52 bits per heavy atom. The maximum Gasteiger partial charge on any atom is 0.255 e. The Kier molecular flexibility index (Phi) is 16.6. The largest absolute Gasteiger partial charge is 0.497 e. The highest BCUT2D eigenvalue weighted by molar-refractivity contribution is 9.10. The van der Waals surface area contributed by atoms with E-state index in [0.717, 1.165) is 129 Å². The van der Waals surface area contributed by atoms with Gasteiger partial charge in [-0.25, -0.2) is 29.9 Å². The van der Waals surface area contributed by atoms with Crippen molar-refractivity contribution in [2.24, 2.45) is 0 Å². The summed E-state index contributed by atoms with van der Waals surface area (Å²) in [5, 5.41) is 2.95.